The third-order valence-electron chi connectivity index (χ3n) is 3.67. The number of rotatable bonds is 6. The Hall–Kier alpha value is -0.740. The zero-order chi connectivity index (χ0) is 18.4. The highest BCUT2D eigenvalue weighted by Crippen LogP contribution is 2.24. The molecule has 2 aromatic rings. The lowest BCUT2D eigenvalue weighted by Crippen LogP contribution is -2.38. The predicted octanol–water partition coefficient (Wildman–Crippen LogP) is 4.46. The van der Waals surface area contributed by atoms with E-state index < -0.39 is 0 Å². The molecular weight excluding hydrogens is 477 g/mol. The van der Waals surface area contributed by atoms with Crippen molar-refractivity contribution in [3.05, 3.63) is 32.2 Å². The molecule has 0 unspecified atom stereocenters. The minimum atomic E-state index is 0. The first-order chi connectivity index (χ1) is 11.8. The largest absolute Gasteiger partial charge is 0.357 e. The number of thiazole rings is 2. The smallest absolute Gasteiger partial charge is 0.194 e. The second-order valence-corrected chi connectivity index (χ2v) is 9.08. The molecule has 2 rings (SSSR count). The molecule has 0 bridgehead atoms. The lowest BCUT2D eigenvalue weighted by molar-refractivity contribution is 0.471. The van der Waals surface area contributed by atoms with E-state index in [0.29, 0.717) is 0 Å². The van der Waals surface area contributed by atoms with Gasteiger partial charge in [0.15, 0.2) is 5.96 Å². The maximum Gasteiger partial charge on any atom is 0.194 e. The maximum atomic E-state index is 4.76. The van der Waals surface area contributed by atoms with Crippen LogP contribution in [0.2, 0.25) is 0 Å². The van der Waals surface area contributed by atoms with E-state index in [4.69, 9.17) is 9.98 Å². The van der Waals surface area contributed by atoms with Crippen LogP contribution in [0.1, 0.15) is 49.1 Å². The van der Waals surface area contributed by atoms with Gasteiger partial charge >= 0.3 is 0 Å². The number of hydrogen-bond acceptors (Lipinski definition) is 5. The van der Waals surface area contributed by atoms with Gasteiger partial charge in [-0.05, 0) is 13.8 Å². The van der Waals surface area contributed by atoms with Crippen molar-refractivity contribution in [3.8, 4) is 0 Å². The fourth-order valence-electron chi connectivity index (χ4n) is 2.30. The molecule has 0 saturated carbocycles. The van der Waals surface area contributed by atoms with Crippen molar-refractivity contribution in [2.75, 3.05) is 20.1 Å². The SMILES string of the molecule is CCNC(=NCCc1nc(C(C)(C)C)cs1)N(C)Cc1csc(C)n1.I. The summed E-state index contributed by atoms with van der Waals surface area (Å²) in [6, 6.07) is 0. The van der Waals surface area contributed by atoms with Gasteiger partial charge in [0.2, 0.25) is 0 Å². The summed E-state index contributed by atoms with van der Waals surface area (Å²) in [6.45, 7) is 13.1. The van der Waals surface area contributed by atoms with E-state index >= 15 is 0 Å². The summed E-state index contributed by atoms with van der Waals surface area (Å²) in [5.41, 5.74) is 2.36. The van der Waals surface area contributed by atoms with Crippen molar-refractivity contribution >= 4 is 52.6 Å². The third-order valence-corrected chi connectivity index (χ3v) is 5.40. The quantitative estimate of drug-likeness (QED) is 0.356. The van der Waals surface area contributed by atoms with Crippen molar-refractivity contribution in [2.45, 2.75) is 53.0 Å². The van der Waals surface area contributed by atoms with Crippen LogP contribution in [0.4, 0.5) is 0 Å². The normalized spacial score (nSPS) is 12.0. The van der Waals surface area contributed by atoms with Crippen molar-refractivity contribution in [2.24, 2.45) is 4.99 Å². The zero-order valence-electron chi connectivity index (χ0n) is 16.5. The molecule has 0 aliphatic carbocycles. The molecule has 2 heterocycles. The van der Waals surface area contributed by atoms with Crippen LogP contribution in [0.5, 0.6) is 0 Å². The molecule has 0 amide bonds. The van der Waals surface area contributed by atoms with Crippen LogP contribution in [-0.4, -0.2) is 41.0 Å². The number of aromatic nitrogens is 2. The van der Waals surface area contributed by atoms with E-state index in [9.17, 15) is 0 Å². The Morgan fingerprint density at radius 2 is 1.96 bits per heavy atom. The van der Waals surface area contributed by atoms with Gasteiger partial charge in [-0.25, -0.2) is 9.97 Å². The van der Waals surface area contributed by atoms with Gasteiger partial charge in [0.25, 0.3) is 0 Å². The van der Waals surface area contributed by atoms with Crippen LogP contribution in [-0.2, 0) is 18.4 Å². The molecule has 0 aliphatic rings. The average Bonchev–Trinajstić information content (AvgIpc) is 3.15. The van der Waals surface area contributed by atoms with Gasteiger partial charge in [-0.3, -0.25) is 4.99 Å². The highest BCUT2D eigenvalue weighted by molar-refractivity contribution is 14.0. The van der Waals surface area contributed by atoms with Crippen LogP contribution in [0.3, 0.4) is 0 Å². The molecule has 0 fully saturated rings. The van der Waals surface area contributed by atoms with Gasteiger partial charge in [-0.1, -0.05) is 20.8 Å². The molecule has 146 valence electrons. The molecule has 0 saturated heterocycles. The Morgan fingerprint density at radius 1 is 1.23 bits per heavy atom. The van der Waals surface area contributed by atoms with Crippen LogP contribution in [0.15, 0.2) is 15.8 Å². The third kappa shape index (κ3) is 7.11. The first-order valence-electron chi connectivity index (χ1n) is 8.65. The van der Waals surface area contributed by atoms with Gasteiger partial charge in [-0.15, -0.1) is 46.7 Å². The highest BCUT2D eigenvalue weighted by atomic mass is 127. The van der Waals surface area contributed by atoms with Gasteiger partial charge in [0.05, 0.1) is 27.9 Å². The summed E-state index contributed by atoms with van der Waals surface area (Å²) in [5.74, 6) is 0.917. The minimum Gasteiger partial charge on any atom is -0.357 e. The zero-order valence-corrected chi connectivity index (χ0v) is 20.5. The molecule has 2 aromatic heterocycles. The van der Waals surface area contributed by atoms with E-state index in [0.717, 1.165) is 47.7 Å². The standard InChI is InChI=1S/C18H29N5S2.HI/c1-7-19-17(23(6)10-14-11-24-13(2)21-14)20-9-8-16-22-15(12-25-16)18(3,4)5;/h11-12H,7-10H2,1-6H3,(H,19,20);1H. The summed E-state index contributed by atoms with van der Waals surface area (Å²) in [6.07, 6.45) is 0.874. The number of nitrogens with zero attached hydrogens (tertiary/aromatic N) is 4. The molecule has 0 aromatic carbocycles. The molecule has 8 heteroatoms. The van der Waals surface area contributed by atoms with E-state index in [1.807, 2.05) is 6.92 Å². The topological polar surface area (TPSA) is 53.4 Å². The van der Waals surface area contributed by atoms with Crippen molar-refractivity contribution in [1.29, 1.82) is 0 Å². The summed E-state index contributed by atoms with van der Waals surface area (Å²) >= 11 is 3.42. The predicted molar refractivity (Wildman–Crippen MR) is 124 cm³/mol. The number of guanidine groups is 1. The molecule has 5 nitrogen and oxygen atoms in total. The number of nitrogens with one attached hydrogen (secondary N) is 1. The van der Waals surface area contributed by atoms with Gasteiger partial charge in [0.1, 0.15) is 0 Å². The molecule has 0 spiro atoms. The Balaban J connectivity index is 0.00000338. The minimum absolute atomic E-state index is 0. The summed E-state index contributed by atoms with van der Waals surface area (Å²) in [5, 5.41) is 9.89. The molecule has 26 heavy (non-hydrogen) atoms. The van der Waals surface area contributed by atoms with E-state index in [1.54, 1.807) is 22.7 Å². The van der Waals surface area contributed by atoms with Gasteiger partial charge in [-0.2, -0.15) is 0 Å². The fraction of sp³-hybridized carbons (Fsp3) is 0.611. The molecule has 0 aliphatic heterocycles. The van der Waals surface area contributed by atoms with Gasteiger partial charge < -0.3 is 10.2 Å². The first kappa shape index (κ1) is 23.3. The molecule has 0 atom stereocenters. The number of aryl methyl sites for hydroxylation is 1. The van der Waals surface area contributed by atoms with Crippen molar-refractivity contribution in [3.63, 3.8) is 0 Å². The summed E-state index contributed by atoms with van der Waals surface area (Å²) in [4.78, 5) is 16.2. The van der Waals surface area contributed by atoms with Crippen LogP contribution < -0.4 is 5.32 Å². The molecular formula is C18H30IN5S2. The Labute approximate surface area is 182 Å². The van der Waals surface area contributed by atoms with E-state index in [2.05, 4.69) is 60.7 Å². The summed E-state index contributed by atoms with van der Waals surface area (Å²) < 4.78 is 0. The van der Waals surface area contributed by atoms with Crippen LogP contribution >= 0.6 is 46.7 Å². The second-order valence-electron chi connectivity index (χ2n) is 7.08. The number of aliphatic imine (C=N–C) groups is 1. The fourth-order valence-corrected chi connectivity index (χ4v) is 3.91. The monoisotopic (exact) mass is 507 g/mol. The number of halogens is 1. The van der Waals surface area contributed by atoms with Crippen LogP contribution in [0, 0.1) is 6.92 Å². The van der Waals surface area contributed by atoms with E-state index in [-0.39, 0.29) is 29.4 Å². The molecule has 0 radical (unpaired) electrons. The lowest BCUT2D eigenvalue weighted by atomic mass is 9.93. The van der Waals surface area contributed by atoms with Crippen LogP contribution in [0.25, 0.3) is 0 Å². The first-order valence-corrected chi connectivity index (χ1v) is 10.4. The molecule has 1 N–H and O–H groups in total. The Morgan fingerprint density at radius 3 is 2.50 bits per heavy atom. The second kappa shape index (κ2) is 10.6. The van der Waals surface area contributed by atoms with Crippen molar-refractivity contribution < 1.29 is 0 Å². The number of hydrogen-bond donors (Lipinski definition) is 1. The highest BCUT2D eigenvalue weighted by Gasteiger charge is 2.17. The Bertz CT molecular complexity index is 703. The van der Waals surface area contributed by atoms with Gasteiger partial charge in [0, 0.05) is 42.7 Å². The lowest BCUT2D eigenvalue weighted by Gasteiger charge is -2.21. The summed E-state index contributed by atoms with van der Waals surface area (Å²) in [7, 11) is 2.05. The van der Waals surface area contributed by atoms with Crippen molar-refractivity contribution in [1.82, 2.24) is 20.2 Å². The Kier molecular flexibility index (Phi) is 9.46. The average molecular weight is 508 g/mol. The van der Waals surface area contributed by atoms with E-state index in [1.165, 1.54) is 5.69 Å². The maximum absolute atomic E-state index is 4.76.